The minimum Gasteiger partial charge on any atom is -0.320 e. The molecule has 2 rings (SSSR count). The lowest BCUT2D eigenvalue weighted by Gasteiger charge is -2.12. The van der Waals surface area contributed by atoms with Gasteiger partial charge in [0.1, 0.15) is 0 Å². The SMILES string of the molecule is CN1C(=O)C(=O)N(Cc2cccc(C#CCN)c2)C1=O. The molecule has 1 aromatic rings. The van der Waals surface area contributed by atoms with Crippen LogP contribution in [0.25, 0.3) is 0 Å². The molecule has 2 N–H and O–H groups in total. The molecule has 0 aliphatic carbocycles. The largest absolute Gasteiger partial charge is 0.334 e. The number of rotatable bonds is 2. The van der Waals surface area contributed by atoms with Gasteiger partial charge in [-0.25, -0.2) is 4.79 Å². The average molecular weight is 271 g/mol. The van der Waals surface area contributed by atoms with E-state index in [2.05, 4.69) is 11.8 Å². The lowest BCUT2D eigenvalue weighted by molar-refractivity contribution is -0.143. The molecule has 102 valence electrons. The van der Waals surface area contributed by atoms with Crippen LogP contribution in [0.2, 0.25) is 0 Å². The van der Waals surface area contributed by atoms with Crippen molar-refractivity contribution in [2.45, 2.75) is 6.54 Å². The Hall–Kier alpha value is -2.65. The number of carbonyl (C=O) groups excluding carboxylic acids is 3. The molecule has 4 amide bonds. The van der Waals surface area contributed by atoms with Crippen LogP contribution in [0.1, 0.15) is 11.1 Å². The highest BCUT2D eigenvalue weighted by Gasteiger charge is 2.41. The van der Waals surface area contributed by atoms with E-state index in [0.717, 1.165) is 20.9 Å². The summed E-state index contributed by atoms with van der Waals surface area (Å²) in [6.45, 7) is 0.304. The van der Waals surface area contributed by atoms with E-state index in [1.165, 1.54) is 7.05 Å². The molecule has 0 atom stereocenters. The molecule has 1 aliphatic heterocycles. The first-order chi connectivity index (χ1) is 9.54. The number of benzene rings is 1. The molecule has 6 heteroatoms. The van der Waals surface area contributed by atoms with Crippen molar-refractivity contribution < 1.29 is 14.4 Å². The number of imide groups is 2. The maximum absolute atomic E-state index is 11.8. The molecule has 1 saturated heterocycles. The van der Waals surface area contributed by atoms with Gasteiger partial charge in [-0.3, -0.25) is 19.4 Å². The molecule has 0 radical (unpaired) electrons. The fourth-order valence-corrected chi connectivity index (χ4v) is 1.84. The number of hydrogen-bond acceptors (Lipinski definition) is 4. The predicted molar refractivity (Wildman–Crippen MR) is 71.1 cm³/mol. The number of nitrogens with two attached hydrogens (primary N) is 1. The molecule has 0 spiro atoms. The molecule has 1 heterocycles. The number of urea groups is 1. The van der Waals surface area contributed by atoms with Gasteiger partial charge < -0.3 is 5.73 Å². The molecular formula is C14H13N3O3. The van der Waals surface area contributed by atoms with Crippen LogP contribution in [-0.2, 0) is 16.1 Å². The molecule has 1 fully saturated rings. The van der Waals surface area contributed by atoms with Crippen LogP contribution in [0.3, 0.4) is 0 Å². The Kier molecular flexibility index (Phi) is 3.82. The number of amides is 4. The van der Waals surface area contributed by atoms with Gasteiger partial charge in [0.05, 0.1) is 13.1 Å². The van der Waals surface area contributed by atoms with Gasteiger partial charge in [-0.1, -0.05) is 24.0 Å². The van der Waals surface area contributed by atoms with Crippen molar-refractivity contribution >= 4 is 17.8 Å². The number of likely N-dealkylation sites (N-methyl/N-ethyl adjacent to an activating group) is 1. The van der Waals surface area contributed by atoms with Crippen LogP contribution in [0, 0.1) is 11.8 Å². The summed E-state index contributed by atoms with van der Waals surface area (Å²) in [5.41, 5.74) is 6.76. The van der Waals surface area contributed by atoms with E-state index in [-0.39, 0.29) is 13.1 Å². The van der Waals surface area contributed by atoms with Crippen LogP contribution in [-0.4, -0.2) is 41.2 Å². The maximum Gasteiger partial charge on any atom is 0.334 e. The highest BCUT2D eigenvalue weighted by molar-refractivity contribution is 6.44. The molecular weight excluding hydrogens is 258 g/mol. The van der Waals surface area contributed by atoms with Gasteiger partial charge >= 0.3 is 17.8 Å². The number of carbonyl (C=O) groups is 3. The van der Waals surface area contributed by atoms with Crippen molar-refractivity contribution in [3.63, 3.8) is 0 Å². The number of hydrogen-bond donors (Lipinski definition) is 1. The molecule has 6 nitrogen and oxygen atoms in total. The first kappa shape index (κ1) is 13.8. The minimum absolute atomic E-state index is 0.0475. The van der Waals surface area contributed by atoms with E-state index < -0.39 is 17.8 Å². The fraction of sp³-hybridized carbons (Fsp3) is 0.214. The first-order valence-corrected chi connectivity index (χ1v) is 5.96. The van der Waals surface area contributed by atoms with Crippen LogP contribution in [0.4, 0.5) is 4.79 Å². The topological polar surface area (TPSA) is 83.7 Å². The standard InChI is InChI=1S/C14H13N3O3/c1-16-12(18)13(19)17(14(16)20)9-11-5-2-4-10(8-11)6-3-7-15/h2,4-5,8H,7,9,15H2,1H3. The Morgan fingerprint density at radius 2 is 1.95 bits per heavy atom. The monoisotopic (exact) mass is 271 g/mol. The van der Waals surface area contributed by atoms with Crippen molar-refractivity contribution in [2.24, 2.45) is 5.73 Å². The summed E-state index contributed by atoms with van der Waals surface area (Å²) in [6, 6.07) is 6.48. The Morgan fingerprint density at radius 1 is 1.20 bits per heavy atom. The van der Waals surface area contributed by atoms with Gasteiger partial charge in [0.2, 0.25) is 0 Å². The van der Waals surface area contributed by atoms with Gasteiger partial charge in [-0.05, 0) is 17.7 Å². The van der Waals surface area contributed by atoms with Gasteiger partial charge in [-0.15, -0.1) is 0 Å². The van der Waals surface area contributed by atoms with E-state index in [1.807, 2.05) is 0 Å². The summed E-state index contributed by atoms with van der Waals surface area (Å²) < 4.78 is 0. The first-order valence-electron chi connectivity index (χ1n) is 5.96. The maximum atomic E-state index is 11.8. The average Bonchev–Trinajstić information content (AvgIpc) is 2.63. The third-order valence-corrected chi connectivity index (χ3v) is 2.85. The van der Waals surface area contributed by atoms with Crippen LogP contribution in [0.15, 0.2) is 24.3 Å². The van der Waals surface area contributed by atoms with Gasteiger partial charge in [0.25, 0.3) is 0 Å². The second-order valence-electron chi connectivity index (χ2n) is 4.24. The zero-order valence-corrected chi connectivity index (χ0v) is 10.9. The highest BCUT2D eigenvalue weighted by Crippen LogP contribution is 2.15. The van der Waals surface area contributed by atoms with Crippen LogP contribution >= 0.6 is 0 Å². The summed E-state index contributed by atoms with van der Waals surface area (Å²) in [5, 5.41) is 0. The summed E-state index contributed by atoms with van der Waals surface area (Å²) in [6.07, 6.45) is 0. The second-order valence-corrected chi connectivity index (χ2v) is 4.24. The lowest BCUT2D eigenvalue weighted by atomic mass is 10.1. The minimum atomic E-state index is -0.811. The normalized spacial score (nSPS) is 14.6. The van der Waals surface area contributed by atoms with Gasteiger partial charge in [0.15, 0.2) is 0 Å². The highest BCUT2D eigenvalue weighted by atomic mass is 16.2. The van der Waals surface area contributed by atoms with E-state index >= 15 is 0 Å². The van der Waals surface area contributed by atoms with Crippen LogP contribution in [0.5, 0.6) is 0 Å². The van der Waals surface area contributed by atoms with Crippen molar-refractivity contribution in [1.82, 2.24) is 9.80 Å². The molecule has 1 aliphatic rings. The van der Waals surface area contributed by atoms with E-state index in [1.54, 1.807) is 24.3 Å². The van der Waals surface area contributed by atoms with Crippen molar-refractivity contribution in [3.05, 3.63) is 35.4 Å². The Balaban J connectivity index is 2.20. The fourth-order valence-electron chi connectivity index (χ4n) is 1.84. The zero-order valence-electron chi connectivity index (χ0n) is 10.9. The zero-order chi connectivity index (χ0) is 14.7. The predicted octanol–water partition coefficient (Wildman–Crippen LogP) is -0.0826. The Morgan fingerprint density at radius 3 is 2.55 bits per heavy atom. The summed E-state index contributed by atoms with van der Waals surface area (Å²) >= 11 is 0. The summed E-state index contributed by atoms with van der Waals surface area (Å²) in [7, 11) is 1.28. The molecule has 0 saturated carbocycles. The molecule has 0 bridgehead atoms. The Labute approximate surface area is 116 Å². The van der Waals surface area contributed by atoms with Crippen molar-refractivity contribution in [1.29, 1.82) is 0 Å². The van der Waals surface area contributed by atoms with Crippen molar-refractivity contribution in [2.75, 3.05) is 13.6 Å². The second kappa shape index (κ2) is 5.55. The number of nitrogens with zero attached hydrogens (tertiary/aromatic N) is 2. The van der Waals surface area contributed by atoms with E-state index in [0.29, 0.717) is 0 Å². The van der Waals surface area contributed by atoms with Gasteiger partial charge in [0, 0.05) is 12.6 Å². The van der Waals surface area contributed by atoms with E-state index in [4.69, 9.17) is 5.73 Å². The summed E-state index contributed by atoms with van der Waals surface area (Å²) in [4.78, 5) is 36.5. The molecule has 0 aromatic heterocycles. The molecule has 20 heavy (non-hydrogen) atoms. The third kappa shape index (κ3) is 2.53. The lowest BCUT2D eigenvalue weighted by Crippen LogP contribution is -2.31. The third-order valence-electron chi connectivity index (χ3n) is 2.85. The van der Waals surface area contributed by atoms with Crippen LogP contribution < -0.4 is 5.73 Å². The smallest absolute Gasteiger partial charge is 0.320 e. The summed E-state index contributed by atoms with van der Waals surface area (Å²) in [5.74, 6) is 3.97. The molecule has 0 unspecified atom stereocenters. The quantitative estimate of drug-likeness (QED) is 0.463. The Bertz CT molecular complexity index is 643. The van der Waals surface area contributed by atoms with E-state index in [9.17, 15) is 14.4 Å². The van der Waals surface area contributed by atoms with Gasteiger partial charge in [-0.2, -0.15) is 0 Å². The molecule has 1 aromatic carbocycles. The van der Waals surface area contributed by atoms with Crippen molar-refractivity contribution in [3.8, 4) is 11.8 Å².